The molecule has 3 heterocycles. The van der Waals surface area contributed by atoms with Gasteiger partial charge in [-0.25, -0.2) is 13.8 Å². The molecular weight excluding hydrogens is 332 g/mol. The normalized spacial score (nSPS) is 11.0. The second-order valence-electron chi connectivity index (χ2n) is 5.27. The highest BCUT2D eigenvalue weighted by molar-refractivity contribution is 5.92. The molecule has 0 spiro atoms. The summed E-state index contributed by atoms with van der Waals surface area (Å²) < 4.78 is 31.0. The van der Waals surface area contributed by atoms with Crippen LogP contribution in [0.25, 0.3) is 5.65 Å². The highest BCUT2D eigenvalue weighted by Crippen LogP contribution is 2.12. The molecule has 0 aromatic carbocycles. The summed E-state index contributed by atoms with van der Waals surface area (Å²) in [7, 11) is 1.60. The lowest BCUT2D eigenvalue weighted by Crippen LogP contribution is -2.28. The Balaban J connectivity index is 1.73. The molecule has 0 atom stereocenters. The molecule has 0 unspecified atom stereocenters. The first-order valence-corrected chi connectivity index (χ1v) is 7.46. The Kier molecular flexibility index (Phi) is 4.82. The molecule has 25 heavy (non-hydrogen) atoms. The third-order valence-electron chi connectivity index (χ3n) is 3.41. The SMILES string of the molecule is CN(Cc1nnc2ccccn12)C(=O)c1cccc(OCC(F)F)n1. The van der Waals surface area contributed by atoms with Crippen LogP contribution in [0.5, 0.6) is 5.88 Å². The molecule has 0 fully saturated rings. The number of nitrogens with zero attached hydrogens (tertiary/aromatic N) is 5. The molecule has 9 heteroatoms. The lowest BCUT2D eigenvalue weighted by molar-refractivity contribution is 0.0757. The summed E-state index contributed by atoms with van der Waals surface area (Å²) in [5.74, 6) is 0.194. The highest BCUT2D eigenvalue weighted by atomic mass is 19.3. The molecule has 3 aromatic rings. The van der Waals surface area contributed by atoms with Crippen molar-refractivity contribution in [2.24, 2.45) is 0 Å². The van der Waals surface area contributed by atoms with Crippen LogP contribution >= 0.6 is 0 Å². The van der Waals surface area contributed by atoms with Crippen LogP contribution < -0.4 is 4.74 Å². The molecule has 1 amide bonds. The summed E-state index contributed by atoms with van der Waals surface area (Å²) in [6.07, 6.45) is -0.801. The van der Waals surface area contributed by atoms with Gasteiger partial charge in [0.1, 0.15) is 5.69 Å². The van der Waals surface area contributed by atoms with E-state index in [1.54, 1.807) is 17.6 Å². The predicted octanol–water partition coefficient (Wildman–Crippen LogP) is 2.04. The summed E-state index contributed by atoms with van der Waals surface area (Å²) in [4.78, 5) is 17.9. The molecule has 3 rings (SSSR count). The Bertz CT molecular complexity index is 884. The second kappa shape index (κ2) is 7.20. The summed E-state index contributed by atoms with van der Waals surface area (Å²) in [5.41, 5.74) is 0.780. The van der Waals surface area contributed by atoms with Crippen LogP contribution in [-0.4, -0.2) is 50.5 Å². The van der Waals surface area contributed by atoms with E-state index in [-0.39, 0.29) is 24.0 Å². The number of ether oxygens (including phenoxy) is 1. The zero-order valence-corrected chi connectivity index (χ0v) is 13.3. The molecule has 0 radical (unpaired) electrons. The van der Waals surface area contributed by atoms with Crippen LogP contribution in [0, 0.1) is 0 Å². The molecule has 7 nitrogen and oxygen atoms in total. The maximum Gasteiger partial charge on any atom is 0.272 e. The van der Waals surface area contributed by atoms with E-state index in [0.717, 1.165) is 0 Å². The van der Waals surface area contributed by atoms with Gasteiger partial charge in [-0.3, -0.25) is 9.20 Å². The highest BCUT2D eigenvalue weighted by Gasteiger charge is 2.17. The largest absolute Gasteiger partial charge is 0.472 e. The number of halogens is 2. The summed E-state index contributed by atoms with van der Waals surface area (Å²) in [6, 6.07) is 9.94. The molecule has 0 aliphatic rings. The van der Waals surface area contributed by atoms with Crippen molar-refractivity contribution < 1.29 is 18.3 Å². The van der Waals surface area contributed by atoms with Crippen molar-refractivity contribution >= 4 is 11.6 Å². The summed E-state index contributed by atoms with van der Waals surface area (Å²) >= 11 is 0. The van der Waals surface area contributed by atoms with Gasteiger partial charge >= 0.3 is 0 Å². The minimum absolute atomic E-state index is 0.0209. The zero-order valence-electron chi connectivity index (χ0n) is 13.3. The van der Waals surface area contributed by atoms with Crippen molar-refractivity contribution in [1.29, 1.82) is 0 Å². The molecule has 0 saturated heterocycles. The molecule has 0 aliphatic carbocycles. The number of hydrogen-bond acceptors (Lipinski definition) is 5. The number of amides is 1. The first-order valence-electron chi connectivity index (χ1n) is 7.46. The number of hydrogen-bond donors (Lipinski definition) is 0. The molecule has 0 saturated carbocycles. The van der Waals surface area contributed by atoms with E-state index >= 15 is 0 Å². The van der Waals surface area contributed by atoms with E-state index in [2.05, 4.69) is 15.2 Å². The van der Waals surface area contributed by atoms with Crippen LogP contribution in [0.15, 0.2) is 42.6 Å². The van der Waals surface area contributed by atoms with E-state index in [1.807, 2.05) is 18.2 Å². The molecule has 3 aromatic heterocycles. The minimum atomic E-state index is -2.61. The third kappa shape index (κ3) is 3.87. The van der Waals surface area contributed by atoms with E-state index in [0.29, 0.717) is 11.5 Å². The fourth-order valence-corrected chi connectivity index (χ4v) is 2.24. The fourth-order valence-electron chi connectivity index (χ4n) is 2.24. The van der Waals surface area contributed by atoms with Crippen molar-refractivity contribution in [3.05, 3.63) is 54.1 Å². The van der Waals surface area contributed by atoms with E-state index in [9.17, 15) is 13.6 Å². The summed E-state index contributed by atoms with van der Waals surface area (Å²) in [5, 5.41) is 8.10. The minimum Gasteiger partial charge on any atom is -0.472 e. The maximum absolute atomic E-state index is 12.5. The molecular formula is C16H15F2N5O2. The molecule has 0 aliphatic heterocycles. The zero-order chi connectivity index (χ0) is 17.8. The van der Waals surface area contributed by atoms with Gasteiger partial charge in [-0.1, -0.05) is 12.1 Å². The van der Waals surface area contributed by atoms with Gasteiger partial charge in [0.15, 0.2) is 18.1 Å². The van der Waals surface area contributed by atoms with Crippen LogP contribution in [0.1, 0.15) is 16.3 Å². The first kappa shape index (κ1) is 16.7. The number of rotatable bonds is 6. The van der Waals surface area contributed by atoms with Crippen LogP contribution in [-0.2, 0) is 6.54 Å². The lowest BCUT2D eigenvalue weighted by atomic mass is 10.3. The topological polar surface area (TPSA) is 72.6 Å². The fraction of sp³-hybridized carbons (Fsp3) is 0.250. The second-order valence-corrected chi connectivity index (χ2v) is 5.27. The van der Waals surface area contributed by atoms with Crippen molar-refractivity contribution in [3.8, 4) is 5.88 Å². The Labute approximate surface area is 141 Å². The van der Waals surface area contributed by atoms with Crippen molar-refractivity contribution in [2.45, 2.75) is 13.0 Å². The van der Waals surface area contributed by atoms with E-state index < -0.39 is 13.0 Å². The average molecular weight is 347 g/mol. The number of fused-ring (bicyclic) bond motifs is 1. The van der Waals surface area contributed by atoms with Crippen molar-refractivity contribution in [2.75, 3.05) is 13.7 Å². The number of carbonyl (C=O) groups excluding carboxylic acids is 1. The third-order valence-corrected chi connectivity index (χ3v) is 3.41. The predicted molar refractivity (Wildman–Crippen MR) is 84.5 cm³/mol. The Morgan fingerprint density at radius 3 is 2.88 bits per heavy atom. The first-order chi connectivity index (χ1) is 12.0. The van der Waals surface area contributed by atoms with Crippen LogP contribution in [0.2, 0.25) is 0 Å². The average Bonchev–Trinajstić information content (AvgIpc) is 3.02. The van der Waals surface area contributed by atoms with Gasteiger partial charge in [-0.15, -0.1) is 10.2 Å². The van der Waals surface area contributed by atoms with Crippen molar-refractivity contribution in [1.82, 2.24) is 24.5 Å². The smallest absolute Gasteiger partial charge is 0.272 e. The van der Waals surface area contributed by atoms with Gasteiger partial charge in [0, 0.05) is 19.3 Å². The number of alkyl halides is 2. The Morgan fingerprint density at radius 1 is 1.24 bits per heavy atom. The van der Waals surface area contributed by atoms with E-state index in [1.165, 1.54) is 23.1 Å². The Hall–Kier alpha value is -3.10. The molecule has 0 N–H and O–H groups in total. The van der Waals surface area contributed by atoms with Gasteiger partial charge in [0.25, 0.3) is 12.3 Å². The lowest BCUT2D eigenvalue weighted by Gasteiger charge is -2.16. The maximum atomic E-state index is 12.5. The van der Waals surface area contributed by atoms with Gasteiger partial charge in [-0.2, -0.15) is 0 Å². The molecule has 130 valence electrons. The quantitative estimate of drug-likeness (QED) is 0.682. The summed E-state index contributed by atoms with van der Waals surface area (Å²) in [6.45, 7) is -0.556. The van der Waals surface area contributed by atoms with Crippen LogP contribution in [0.3, 0.4) is 0 Å². The van der Waals surface area contributed by atoms with Crippen LogP contribution in [0.4, 0.5) is 8.78 Å². The number of carbonyl (C=O) groups is 1. The van der Waals surface area contributed by atoms with Crippen molar-refractivity contribution in [3.63, 3.8) is 0 Å². The number of aromatic nitrogens is 4. The van der Waals surface area contributed by atoms with Gasteiger partial charge in [0.05, 0.1) is 6.54 Å². The Morgan fingerprint density at radius 2 is 2.08 bits per heavy atom. The molecule has 0 bridgehead atoms. The van der Waals surface area contributed by atoms with E-state index in [4.69, 9.17) is 4.74 Å². The monoisotopic (exact) mass is 347 g/mol. The standard InChI is InChI=1S/C16H15F2N5O2/c1-22(9-14-21-20-13-6-2-3-8-23(13)14)16(24)11-5-4-7-15(19-11)25-10-12(17)18/h2-8,12H,9-10H2,1H3. The van der Waals surface area contributed by atoms with Gasteiger partial charge in [0.2, 0.25) is 5.88 Å². The van der Waals surface area contributed by atoms with Gasteiger partial charge < -0.3 is 9.64 Å². The van der Waals surface area contributed by atoms with Gasteiger partial charge in [-0.05, 0) is 18.2 Å². The number of pyridine rings is 2.